The molecule has 0 saturated carbocycles. The fourth-order valence-electron chi connectivity index (χ4n) is 2.87. The van der Waals surface area contributed by atoms with Gasteiger partial charge >= 0.3 is 0 Å². The Hall–Kier alpha value is -1.34. The van der Waals surface area contributed by atoms with Gasteiger partial charge in [-0.05, 0) is 24.6 Å². The van der Waals surface area contributed by atoms with E-state index in [2.05, 4.69) is 4.99 Å². The first-order valence-electron chi connectivity index (χ1n) is 7.62. The summed E-state index contributed by atoms with van der Waals surface area (Å²) in [4.78, 5) is 18.2. The fraction of sp³-hybridized carbons (Fsp3) is 0.500. The number of anilines is 1. The summed E-state index contributed by atoms with van der Waals surface area (Å²) in [6, 6.07) is 7.73. The average molecular weight is 352 g/mol. The van der Waals surface area contributed by atoms with Crippen molar-refractivity contribution in [2.24, 2.45) is 10.9 Å². The fourth-order valence-corrected chi connectivity index (χ4v) is 6.79. The van der Waals surface area contributed by atoms with Crippen molar-refractivity contribution >= 4 is 38.4 Å². The van der Waals surface area contributed by atoms with Crippen LogP contribution in [0, 0.1) is 12.8 Å². The van der Waals surface area contributed by atoms with Crippen LogP contribution in [0.3, 0.4) is 0 Å². The van der Waals surface area contributed by atoms with Gasteiger partial charge in [0.05, 0.1) is 17.5 Å². The number of aliphatic imine (C=N–C) groups is 1. The highest BCUT2D eigenvalue weighted by molar-refractivity contribution is 8.16. The standard InChI is InChI=1S/C16H20N2O3S2/c1-10(2)15(19)17-16-18(12-6-4-5-11(3)7-12)13-8-23(20,21)9-14(13)22-16/h4-7,10,13-14H,8-9H2,1-3H3/t13-,14+/m0/s1. The normalized spacial score (nSPS) is 27.7. The number of fused-ring (bicyclic) bond motifs is 1. The summed E-state index contributed by atoms with van der Waals surface area (Å²) in [6.45, 7) is 5.62. The van der Waals surface area contributed by atoms with Gasteiger partial charge in [-0.25, -0.2) is 8.42 Å². The van der Waals surface area contributed by atoms with Crippen LogP contribution in [0.4, 0.5) is 5.69 Å². The maximum atomic E-state index is 12.0. The van der Waals surface area contributed by atoms with Crippen molar-refractivity contribution in [1.29, 1.82) is 0 Å². The highest BCUT2D eigenvalue weighted by Gasteiger charge is 2.49. The Kier molecular flexibility index (Phi) is 4.27. The van der Waals surface area contributed by atoms with Crippen LogP contribution < -0.4 is 4.90 Å². The highest BCUT2D eigenvalue weighted by Crippen LogP contribution is 2.41. The van der Waals surface area contributed by atoms with E-state index in [0.717, 1.165) is 11.3 Å². The minimum absolute atomic E-state index is 0.0563. The second-order valence-electron chi connectivity index (χ2n) is 6.40. The van der Waals surface area contributed by atoms with Gasteiger partial charge < -0.3 is 4.90 Å². The minimum atomic E-state index is -3.03. The molecule has 1 aromatic rings. The van der Waals surface area contributed by atoms with E-state index in [4.69, 9.17) is 0 Å². The number of amidine groups is 1. The van der Waals surface area contributed by atoms with E-state index < -0.39 is 9.84 Å². The molecule has 0 aliphatic carbocycles. The van der Waals surface area contributed by atoms with Gasteiger partial charge in [0.25, 0.3) is 5.91 Å². The molecule has 2 aliphatic rings. The average Bonchev–Trinajstić information content (AvgIpc) is 2.89. The zero-order chi connectivity index (χ0) is 16.8. The van der Waals surface area contributed by atoms with Crippen LogP contribution in [0.5, 0.6) is 0 Å². The van der Waals surface area contributed by atoms with Crippen LogP contribution in [0.25, 0.3) is 0 Å². The minimum Gasteiger partial charge on any atom is -0.316 e. The number of amides is 1. The Balaban J connectivity index is 2.02. The molecule has 2 saturated heterocycles. The number of rotatable bonds is 2. The van der Waals surface area contributed by atoms with Crippen molar-refractivity contribution in [1.82, 2.24) is 0 Å². The number of thioether (sulfide) groups is 1. The number of carbonyl (C=O) groups is 1. The lowest BCUT2D eigenvalue weighted by molar-refractivity contribution is -0.120. The van der Waals surface area contributed by atoms with Crippen molar-refractivity contribution in [2.45, 2.75) is 32.1 Å². The Morgan fingerprint density at radius 1 is 1.35 bits per heavy atom. The lowest BCUT2D eigenvalue weighted by atomic mass is 10.1. The first kappa shape index (κ1) is 16.5. The van der Waals surface area contributed by atoms with E-state index in [1.54, 1.807) is 0 Å². The van der Waals surface area contributed by atoms with Crippen LogP contribution >= 0.6 is 11.8 Å². The van der Waals surface area contributed by atoms with Gasteiger partial charge in [-0.1, -0.05) is 37.7 Å². The Bertz CT molecular complexity index is 771. The zero-order valence-electron chi connectivity index (χ0n) is 13.4. The number of carbonyl (C=O) groups excluding carboxylic acids is 1. The van der Waals surface area contributed by atoms with E-state index in [9.17, 15) is 13.2 Å². The number of benzene rings is 1. The van der Waals surface area contributed by atoms with Crippen molar-refractivity contribution in [3.05, 3.63) is 29.8 Å². The molecular formula is C16H20N2O3S2. The van der Waals surface area contributed by atoms with Crippen LogP contribution in [-0.2, 0) is 14.6 Å². The number of nitrogens with zero attached hydrogens (tertiary/aromatic N) is 2. The zero-order valence-corrected chi connectivity index (χ0v) is 15.0. The van der Waals surface area contributed by atoms with Crippen LogP contribution in [0.1, 0.15) is 19.4 Å². The maximum absolute atomic E-state index is 12.0. The van der Waals surface area contributed by atoms with E-state index >= 15 is 0 Å². The summed E-state index contributed by atoms with van der Waals surface area (Å²) in [5, 5.41) is 0.568. The van der Waals surface area contributed by atoms with Crippen molar-refractivity contribution < 1.29 is 13.2 Å². The molecule has 7 heteroatoms. The highest BCUT2D eigenvalue weighted by atomic mass is 32.2. The molecular weight excluding hydrogens is 332 g/mol. The lowest BCUT2D eigenvalue weighted by Gasteiger charge is -2.25. The van der Waals surface area contributed by atoms with Crippen LogP contribution in [0.15, 0.2) is 29.3 Å². The van der Waals surface area contributed by atoms with E-state index in [-0.39, 0.29) is 34.6 Å². The molecule has 2 atom stereocenters. The summed E-state index contributed by atoms with van der Waals surface area (Å²) < 4.78 is 24.0. The quantitative estimate of drug-likeness (QED) is 0.817. The molecule has 2 heterocycles. The van der Waals surface area contributed by atoms with Crippen molar-refractivity contribution in [3.8, 4) is 0 Å². The third-order valence-corrected chi connectivity index (χ3v) is 7.26. The molecule has 23 heavy (non-hydrogen) atoms. The molecule has 2 fully saturated rings. The van der Waals surface area contributed by atoms with Gasteiger partial charge in [0, 0.05) is 16.9 Å². The van der Waals surface area contributed by atoms with Crippen molar-refractivity contribution in [3.63, 3.8) is 0 Å². The second-order valence-corrected chi connectivity index (χ2v) is 9.76. The summed E-state index contributed by atoms with van der Waals surface area (Å²) in [5.41, 5.74) is 1.99. The summed E-state index contributed by atoms with van der Waals surface area (Å²) in [6.07, 6.45) is 0. The molecule has 0 bridgehead atoms. The summed E-state index contributed by atoms with van der Waals surface area (Å²) in [7, 11) is -3.03. The largest absolute Gasteiger partial charge is 0.316 e. The third-order valence-electron chi connectivity index (χ3n) is 4.05. The van der Waals surface area contributed by atoms with Gasteiger partial charge in [0.1, 0.15) is 0 Å². The van der Waals surface area contributed by atoms with E-state index in [0.29, 0.717) is 5.17 Å². The smallest absolute Gasteiger partial charge is 0.250 e. The van der Waals surface area contributed by atoms with Gasteiger partial charge in [-0.15, -0.1) is 0 Å². The molecule has 1 amide bonds. The Morgan fingerprint density at radius 3 is 2.74 bits per heavy atom. The summed E-state index contributed by atoms with van der Waals surface area (Å²) >= 11 is 1.41. The molecule has 1 aromatic carbocycles. The number of sulfone groups is 1. The monoisotopic (exact) mass is 352 g/mol. The van der Waals surface area contributed by atoms with Gasteiger partial charge in [-0.2, -0.15) is 4.99 Å². The number of aryl methyl sites for hydroxylation is 1. The first-order chi connectivity index (χ1) is 10.8. The second kappa shape index (κ2) is 5.94. The molecule has 5 nitrogen and oxygen atoms in total. The van der Waals surface area contributed by atoms with Gasteiger partial charge in [0.2, 0.25) is 0 Å². The molecule has 0 aromatic heterocycles. The van der Waals surface area contributed by atoms with Crippen LogP contribution in [-0.4, -0.2) is 42.3 Å². The molecule has 0 N–H and O–H groups in total. The predicted molar refractivity (Wildman–Crippen MR) is 94.8 cm³/mol. The van der Waals surface area contributed by atoms with Crippen LogP contribution in [0.2, 0.25) is 0 Å². The topological polar surface area (TPSA) is 66.8 Å². The molecule has 3 rings (SSSR count). The lowest BCUT2D eigenvalue weighted by Crippen LogP contribution is -2.37. The third kappa shape index (κ3) is 3.30. The molecule has 0 unspecified atom stereocenters. The Labute approximate surface area is 141 Å². The van der Waals surface area contributed by atoms with Gasteiger partial charge in [-0.3, -0.25) is 4.79 Å². The Morgan fingerprint density at radius 2 is 2.09 bits per heavy atom. The maximum Gasteiger partial charge on any atom is 0.250 e. The first-order valence-corrected chi connectivity index (χ1v) is 10.3. The van der Waals surface area contributed by atoms with Gasteiger partial charge in [0.15, 0.2) is 15.0 Å². The molecule has 0 spiro atoms. The number of hydrogen-bond donors (Lipinski definition) is 0. The SMILES string of the molecule is Cc1cccc(N2C(=NC(=O)C(C)C)S[C@@H]3CS(=O)(=O)C[C@@H]32)c1. The van der Waals surface area contributed by atoms with E-state index in [1.807, 2.05) is 49.9 Å². The summed E-state index contributed by atoms with van der Waals surface area (Å²) in [5.74, 6) is -0.0767. The van der Waals surface area contributed by atoms with Crippen molar-refractivity contribution in [2.75, 3.05) is 16.4 Å². The molecule has 2 aliphatic heterocycles. The molecule has 0 radical (unpaired) electrons. The number of hydrogen-bond acceptors (Lipinski definition) is 4. The van der Waals surface area contributed by atoms with E-state index in [1.165, 1.54) is 11.8 Å². The molecule has 124 valence electrons. The predicted octanol–water partition coefficient (Wildman–Crippen LogP) is 2.25.